The third-order valence-corrected chi connectivity index (χ3v) is 3.92. The monoisotopic (exact) mass is 272 g/mol. The first-order valence-electron chi connectivity index (χ1n) is 7.02. The Balaban J connectivity index is 1.82. The largest absolute Gasteiger partial charge is 0.368 e. The molecule has 1 saturated heterocycles. The number of nitrogen functional groups attached to an aromatic ring is 1. The Morgan fingerprint density at radius 1 is 1.30 bits per heavy atom. The minimum absolute atomic E-state index is 0.311. The fourth-order valence-electron chi connectivity index (χ4n) is 2.82. The van der Waals surface area contributed by atoms with Crippen molar-refractivity contribution in [1.82, 2.24) is 24.4 Å². The molecule has 6 nitrogen and oxygen atoms in total. The quantitative estimate of drug-likeness (QED) is 0.917. The molecule has 3 rings (SSSR count). The summed E-state index contributed by atoms with van der Waals surface area (Å²) in [7, 11) is 2.03. The average Bonchev–Trinajstić information content (AvgIpc) is 2.85. The van der Waals surface area contributed by atoms with Crippen LogP contribution < -0.4 is 5.73 Å². The van der Waals surface area contributed by atoms with Gasteiger partial charge in [-0.15, -0.1) is 0 Å². The fraction of sp³-hybridized carbons (Fsp3) is 0.500. The van der Waals surface area contributed by atoms with Gasteiger partial charge in [0.05, 0.1) is 18.3 Å². The van der Waals surface area contributed by atoms with Crippen molar-refractivity contribution in [2.24, 2.45) is 7.05 Å². The van der Waals surface area contributed by atoms with Gasteiger partial charge in [0.15, 0.2) is 0 Å². The highest BCUT2D eigenvalue weighted by Crippen LogP contribution is 2.30. The number of aryl methyl sites for hydroxylation is 1. The zero-order valence-corrected chi connectivity index (χ0v) is 11.7. The normalized spacial score (nSPS) is 20.1. The first-order chi connectivity index (χ1) is 9.74. The first-order valence-corrected chi connectivity index (χ1v) is 7.02. The van der Waals surface area contributed by atoms with Gasteiger partial charge in [-0.05, 0) is 25.5 Å². The summed E-state index contributed by atoms with van der Waals surface area (Å²) >= 11 is 0. The van der Waals surface area contributed by atoms with Crippen LogP contribution in [0.1, 0.15) is 36.8 Å². The summed E-state index contributed by atoms with van der Waals surface area (Å²) in [6, 6.07) is 2.28. The number of nitrogens with zero attached hydrogens (tertiary/aromatic N) is 5. The lowest BCUT2D eigenvalue weighted by molar-refractivity contribution is 0.132. The van der Waals surface area contributed by atoms with Crippen molar-refractivity contribution in [2.45, 2.75) is 31.8 Å². The van der Waals surface area contributed by atoms with Crippen LogP contribution in [0.15, 0.2) is 24.7 Å². The molecule has 2 aromatic heterocycles. The first kappa shape index (κ1) is 13.1. The SMILES string of the molecule is Cn1ccnc1CN1CCCC[C@@H]1c1ccnc(N)n1. The average molecular weight is 272 g/mol. The number of rotatable bonds is 3. The number of anilines is 1. The standard InChI is InChI=1S/C14H20N6/c1-19-9-7-16-13(19)10-20-8-3-2-4-12(20)11-5-6-17-14(15)18-11/h5-7,9,12H,2-4,8,10H2,1H3,(H2,15,17,18)/t12-/m1/s1. The van der Waals surface area contributed by atoms with Crippen LogP contribution in [0.5, 0.6) is 0 Å². The van der Waals surface area contributed by atoms with Gasteiger partial charge >= 0.3 is 0 Å². The van der Waals surface area contributed by atoms with Crippen molar-refractivity contribution < 1.29 is 0 Å². The van der Waals surface area contributed by atoms with Crippen molar-refractivity contribution >= 4 is 5.95 Å². The topological polar surface area (TPSA) is 72.9 Å². The van der Waals surface area contributed by atoms with Crippen LogP contribution >= 0.6 is 0 Å². The highest BCUT2D eigenvalue weighted by Gasteiger charge is 2.26. The van der Waals surface area contributed by atoms with Crippen molar-refractivity contribution in [3.8, 4) is 0 Å². The second-order valence-electron chi connectivity index (χ2n) is 5.28. The number of aromatic nitrogens is 4. The van der Waals surface area contributed by atoms with Gasteiger partial charge in [-0.1, -0.05) is 6.42 Å². The molecular formula is C14H20N6. The van der Waals surface area contributed by atoms with Crippen LogP contribution in [-0.2, 0) is 13.6 Å². The van der Waals surface area contributed by atoms with Gasteiger partial charge in [0, 0.05) is 25.6 Å². The summed E-state index contributed by atoms with van der Waals surface area (Å²) in [4.78, 5) is 15.2. The van der Waals surface area contributed by atoms with Crippen LogP contribution in [0.4, 0.5) is 5.95 Å². The van der Waals surface area contributed by atoms with Crippen molar-refractivity contribution in [3.63, 3.8) is 0 Å². The van der Waals surface area contributed by atoms with E-state index in [-0.39, 0.29) is 0 Å². The summed E-state index contributed by atoms with van der Waals surface area (Å²) in [6.45, 7) is 1.92. The summed E-state index contributed by atoms with van der Waals surface area (Å²) in [5, 5.41) is 0. The van der Waals surface area contributed by atoms with E-state index in [0.717, 1.165) is 31.0 Å². The maximum atomic E-state index is 5.71. The highest BCUT2D eigenvalue weighted by atomic mass is 15.2. The third-order valence-electron chi connectivity index (χ3n) is 3.92. The summed E-state index contributed by atoms with van der Waals surface area (Å²) < 4.78 is 2.07. The Hall–Kier alpha value is -1.95. The molecule has 2 aromatic rings. The molecule has 3 heterocycles. The molecule has 0 aliphatic carbocycles. The van der Waals surface area contributed by atoms with E-state index >= 15 is 0 Å². The second kappa shape index (κ2) is 5.58. The molecule has 20 heavy (non-hydrogen) atoms. The van der Waals surface area contributed by atoms with E-state index in [9.17, 15) is 0 Å². The number of hydrogen-bond donors (Lipinski definition) is 1. The van der Waals surface area contributed by atoms with Crippen LogP contribution in [0.3, 0.4) is 0 Å². The molecule has 1 aliphatic heterocycles. The minimum atomic E-state index is 0.311. The molecule has 1 aliphatic rings. The van der Waals surface area contributed by atoms with Gasteiger partial charge in [0.25, 0.3) is 0 Å². The molecule has 1 atom stereocenters. The van der Waals surface area contributed by atoms with Crippen molar-refractivity contribution in [3.05, 3.63) is 36.2 Å². The van der Waals surface area contributed by atoms with Crippen LogP contribution in [0.25, 0.3) is 0 Å². The predicted octanol–water partition coefficient (Wildman–Crippen LogP) is 1.52. The Bertz CT molecular complexity index is 579. The molecule has 106 valence electrons. The number of nitrogens with two attached hydrogens (primary N) is 1. The zero-order chi connectivity index (χ0) is 13.9. The van der Waals surface area contributed by atoms with Gasteiger partial charge in [-0.25, -0.2) is 15.0 Å². The molecule has 0 saturated carbocycles. The van der Waals surface area contributed by atoms with Crippen LogP contribution in [-0.4, -0.2) is 31.0 Å². The van der Waals surface area contributed by atoms with E-state index in [1.807, 2.05) is 25.5 Å². The lowest BCUT2D eigenvalue weighted by Gasteiger charge is -2.35. The lowest BCUT2D eigenvalue weighted by atomic mass is 9.99. The minimum Gasteiger partial charge on any atom is -0.368 e. The molecule has 0 amide bonds. The molecule has 0 bridgehead atoms. The van der Waals surface area contributed by atoms with E-state index in [1.165, 1.54) is 12.8 Å². The fourth-order valence-corrected chi connectivity index (χ4v) is 2.82. The summed E-state index contributed by atoms with van der Waals surface area (Å²) in [6.07, 6.45) is 9.13. The molecule has 0 unspecified atom stereocenters. The van der Waals surface area contributed by atoms with Gasteiger partial charge in [0.2, 0.25) is 5.95 Å². The van der Waals surface area contributed by atoms with Gasteiger partial charge in [0.1, 0.15) is 5.82 Å². The second-order valence-corrected chi connectivity index (χ2v) is 5.28. The number of imidazole rings is 1. The lowest BCUT2D eigenvalue weighted by Crippen LogP contribution is -2.34. The molecule has 0 spiro atoms. The smallest absolute Gasteiger partial charge is 0.220 e. The maximum absolute atomic E-state index is 5.71. The van der Waals surface area contributed by atoms with E-state index in [4.69, 9.17) is 5.73 Å². The predicted molar refractivity (Wildman–Crippen MR) is 76.7 cm³/mol. The van der Waals surface area contributed by atoms with Gasteiger partial charge in [-0.2, -0.15) is 0 Å². The van der Waals surface area contributed by atoms with Gasteiger partial charge in [-0.3, -0.25) is 4.90 Å². The Labute approximate surface area is 118 Å². The van der Waals surface area contributed by atoms with Crippen molar-refractivity contribution in [2.75, 3.05) is 12.3 Å². The number of likely N-dealkylation sites (tertiary alicyclic amines) is 1. The Morgan fingerprint density at radius 2 is 2.20 bits per heavy atom. The highest BCUT2D eigenvalue weighted by molar-refractivity contribution is 5.20. The Kier molecular flexibility index (Phi) is 3.64. The summed E-state index contributed by atoms with van der Waals surface area (Å²) in [5.74, 6) is 1.43. The van der Waals surface area contributed by atoms with Crippen LogP contribution in [0.2, 0.25) is 0 Å². The maximum Gasteiger partial charge on any atom is 0.220 e. The van der Waals surface area contributed by atoms with Gasteiger partial charge < -0.3 is 10.3 Å². The van der Waals surface area contributed by atoms with Crippen molar-refractivity contribution in [1.29, 1.82) is 0 Å². The van der Waals surface area contributed by atoms with Crippen LogP contribution in [0, 0.1) is 0 Å². The molecular weight excluding hydrogens is 252 g/mol. The molecule has 1 fully saturated rings. The Morgan fingerprint density at radius 3 is 2.95 bits per heavy atom. The zero-order valence-electron chi connectivity index (χ0n) is 11.7. The van der Waals surface area contributed by atoms with E-state index in [2.05, 4.69) is 24.4 Å². The molecule has 0 radical (unpaired) electrons. The number of hydrogen-bond acceptors (Lipinski definition) is 5. The van der Waals surface area contributed by atoms with E-state index in [0.29, 0.717) is 12.0 Å². The molecule has 2 N–H and O–H groups in total. The molecule has 6 heteroatoms. The van der Waals surface area contributed by atoms with E-state index in [1.54, 1.807) is 6.20 Å². The van der Waals surface area contributed by atoms with E-state index < -0.39 is 0 Å². The third kappa shape index (κ3) is 2.65. The summed E-state index contributed by atoms with van der Waals surface area (Å²) in [5.41, 5.74) is 6.73. The molecule has 0 aromatic carbocycles. The number of piperidine rings is 1.